The van der Waals surface area contributed by atoms with Crippen LogP contribution in [0.4, 0.5) is 0 Å². The first-order valence-electron chi connectivity index (χ1n) is 9.11. The highest BCUT2D eigenvalue weighted by Crippen LogP contribution is 2.26. The largest absolute Gasteiger partial charge is 0.355 e. The quantitative estimate of drug-likeness (QED) is 0.755. The third-order valence-corrected chi connectivity index (χ3v) is 5.01. The number of unbranched alkanes of at least 4 members (excludes halogenated alkanes) is 1. The summed E-state index contributed by atoms with van der Waals surface area (Å²) in [5.74, 6) is 0.803. The molecule has 1 heterocycles. The number of Topliss-reactive ketones (excluding diaryl/α,β-unsaturated/α-hetero) is 1. The number of aryl methyl sites for hydroxylation is 1. The molecule has 1 atom stereocenters. The molecule has 4 heteroatoms. The number of H-pyrrole nitrogens is 1. The Hall–Kier alpha value is -1.58. The monoisotopic (exact) mass is 318 g/mol. The van der Waals surface area contributed by atoms with E-state index in [1.54, 1.807) is 0 Å². The van der Waals surface area contributed by atoms with Crippen molar-refractivity contribution >= 4 is 11.7 Å². The van der Waals surface area contributed by atoms with Gasteiger partial charge in [0.2, 0.25) is 0 Å². The number of carbonyl (C=O) groups is 2. The summed E-state index contributed by atoms with van der Waals surface area (Å²) < 4.78 is 0. The molecule has 1 aromatic heterocycles. The average molecular weight is 318 g/mol. The van der Waals surface area contributed by atoms with Gasteiger partial charge in [0, 0.05) is 18.7 Å². The summed E-state index contributed by atoms with van der Waals surface area (Å²) in [5.41, 5.74) is 3.11. The first kappa shape index (κ1) is 17.8. The van der Waals surface area contributed by atoms with Crippen LogP contribution in [0.1, 0.15) is 90.9 Å². The maximum atomic E-state index is 12.5. The highest BCUT2D eigenvalue weighted by molar-refractivity contribution is 6.04. The van der Waals surface area contributed by atoms with Gasteiger partial charge in [0.15, 0.2) is 5.78 Å². The minimum atomic E-state index is -0.0277. The number of hydrogen-bond donors (Lipinski definition) is 2. The zero-order valence-electron chi connectivity index (χ0n) is 14.8. The number of hydrogen-bond acceptors (Lipinski definition) is 2. The van der Waals surface area contributed by atoms with Crippen molar-refractivity contribution in [1.29, 1.82) is 0 Å². The smallest absolute Gasteiger partial charge is 0.253 e. The standard InChI is InChI=1S/C19H30N2O2/c1-4-6-8-14(5-2)11-12-20-19(23)17-13(3)21-18-15(17)9-7-10-16(18)22/h14,21H,4-12H2,1-3H3,(H,20,23). The number of fused-ring (bicyclic) bond motifs is 1. The van der Waals surface area contributed by atoms with E-state index in [1.807, 2.05) is 6.92 Å². The molecule has 23 heavy (non-hydrogen) atoms. The second-order valence-corrected chi connectivity index (χ2v) is 6.72. The number of carbonyl (C=O) groups excluding carboxylic acids is 2. The fraction of sp³-hybridized carbons (Fsp3) is 0.684. The lowest BCUT2D eigenvalue weighted by atomic mass is 9.93. The van der Waals surface area contributed by atoms with Crippen LogP contribution >= 0.6 is 0 Å². The number of amides is 1. The number of rotatable bonds is 8. The maximum absolute atomic E-state index is 12.5. The fourth-order valence-corrected chi connectivity index (χ4v) is 3.55. The first-order valence-corrected chi connectivity index (χ1v) is 9.11. The summed E-state index contributed by atoms with van der Waals surface area (Å²) in [4.78, 5) is 27.6. The molecule has 0 aromatic carbocycles. The lowest BCUT2D eigenvalue weighted by molar-refractivity contribution is 0.0949. The van der Waals surface area contributed by atoms with Crippen molar-refractivity contribution in [3.8, 4) is 0 Å². The van der Waals surface area contributed by atoms with E-state index in [0.717, 1.165) is 30.5 Å². The number of ketones is 1. The van der Waals surface area contributed by atoms with E-state index in [0.29, 0.717) is 30.1 Å². The molecule has 1 aliphatic rings. The molecule has 0 fully saturated rings. The van der Waals surface area contributed by atoms with Gasteiger partial charge in [0.1, 0.15) is 0 Å². The van der Waals surface area contributed by atoms with Crippen molar-refractivity contribution in [3.63, 3.8) is 0 Å². The average Bonchev–Trinajstić information content (AvgIpc) is 2.88. The van der Waals surface area contributed by atoms with E-state index in [4.69, 9.17) is 0 Å². The maximum Gasteiger partial charge on any atom is 0.253 e. The minimum Gasteiger partial charge on any atom is -0.355 e. The van der Waals surface area contributed by atoms with Crippen LogP contribution in [-0.2, 0) is 6.42 Å². The predicted molar refractivity (Wildman–Crippen MR) is 93.1 cm³/mol. The van der Waals surface area contributed by atoms with Gasteiger partial charge in [-0.1, -0.05) is 39.5 Å². The number of aromatic nitrogens is 1. The molecular weight excluding hydrogens is 288 g/mol. The zero-order valence-corrected chi connectivity index (χ0v) is 14.8. The molecule has 0 bridgehead atoms. The van der Waals surface area contributed by atoms with Gasteiger partial charge in [-0.05, 0) is 37.7 Å². The topological polar surface area (TPSA) is 62.0 Å². The number of nitrogens with one attached hydrogen (secondary N) is 2. The van der Waals surface area contributed by atoms with Crippen molar-refractivity contribution in [2.45, 2.75) is 72.1 Å². The van der Waals surface area contributed by atoms with Crippen LogP contribution < -0.4 is 5.32 Å². The van der Waals surface area contributed by atoms with Gasteiger partial charge in [-0.25, -0.2) is 0 Å². The van der Waals surface area contributed by atoms with Gasteiger partial charge >= 0.3 is 0 Å². The van der Waals surface area contributed by atoms with Gasteiger partial charge < -0.3 is 10.3 Å². The van der Waals surface area contributed by atoms with Gasteiger partial charge in [0.05, 0.1) is 11.3 Å². The van der Waals surface area contributed by atoms with Crippen LogP contribution in [0.25, 0.3) is 0 Å². The summed E-state index contributed by atoms with van der Waals surface area (Å²) in [6, 6.07) is 0. The molecule has 1 unspecified atom stereocenters. The normalized spacial score (nSPS) is 15.3. The van der Waals surface area contributed by atoms with Gasteiger partial charge in [0.25, 0.3) is 5.91 Å². The SMILES string of the molecule is CCCCC(CC)CCNC(=O)c1c(C)[nH]c2c1CCCC2=O. The van der Waals surface area contributed by atoms with Crippen molar-refractivity contribution < 1.29 is 9.59 Å². The van der Waals surface area contributed by atoms with E-state index >= 15 is 0 Å². The van der Waals surface area contributed by atoms with E-state index in [-0.39, 0.29) is 11.7 Å². The van der Waals surface area contributed by atoms with E-state index in [1.165, 1.54) is 25.7 Å². The van der Waals surface area contributed by atoms with Crippen LogP contribution in [0, 0.1) is 12.8 Å². The summed E-state index contributed by atoms with van der Waals surface area (Å²) >= 11 is 0. The molecule has 0 radical (unpaired) electrons. The fourth-order valence-electron chi connectivity index (χ4n) is 3.55. The van der Waals surface area contributed by atoms with Crippen molar-refractivity contribution in [2.75, 3.05) is 6.54 Å². The Bertz CT molecular complexity index is 560. The Morgan fingerprint density at radius 1 is 1.26 bits per heavy atom. The third-order valence-electron chi connectivity index (χ3n) is 5.01. The first-order chi connectivity index (χ1) is 11.1. The third kappa shape index (κ3) is 4.24. The lowest BCUT2D eigenvalue weighted by Gasteiger charge is -2.15. The van der Waals surface area contributed by atoms with Crippen molar-refractivity contribution in [1.82, 2.24) is 10.3 Å². The van der Waals surface area contributed by atoms with Crippen LogP contribution in [0.15, 0.2) is 0 Å². The zero-order chi connectivity index (χ0) is 16.8. The summed E-state index contributed by atoms with van der Waals surface area (Å²) in [6.45, 7) is 7.04. The Labute approximate surface area is 139 Å². The van der Waals surface area contributed by atoms with Crippen LogP contribution in [0.5, 0.6) is 0 Å². The minimum absolute atomic E-state index is 0.0277. The molecule has 1 amide bonds. The predicted octanol–water partition coefficient (Wildman–Crippen LogP) is 4.18. The highest BCUT2D eigenvalue weighted by Gasteiger charge is 2.27. The Kier molecular flexibility index (Phi) is 6.43. The van der Waals surface area contributed by atoms with E-state index in [2.05, 4.69) is 24.1 Å². The molecule has 0 spiro atoms. The van der Waals surface area contributed by atoms with Gasteiger partial charge in [-0.3, -0.25) is 9.59 Å². The molecule has 0 saturated heterocycles. The summed E-state index contributed by atoms with van der Waals surface area (Å²) in [5, 5.41) is 3.06. The molecule has 2 N–H and O–H groups in total. The highest BCUT2D eigenvalue weighted by atomic mass is 16.1. The molecule has 2 rings (SSSR count). The van der Waals surface area contributed by atoms with Gasteiger partial charge in [-0.2, -0.15) is 0 Å². The molecular formula is C19H30N2O2. The molecule has 1 aromatic rings. The van der Waals surface area contributed by atoms with Crippen LogP contribution in [0.2, 0.25) is 0 Å². The molecule has 0 aliphatic heterocycles. The second-order valence-electron chi connectivity index (χ2n) is 6.72. The summed E-state index contributed by atoms with van der Waals surface area (Å²) in [7, 11) is 0. The van der Waals surface area contributed by atoms with E-state index < -0.39 is 0 Å². The van der Waals surface area contributed by atoms with Gasteiger partial charge in [-0.15, -0.1) is 0 Å². The lowest BCUT2D eigenvalue weighted by Crippen LogP contribution is -2.27. The second kappa shape index (κ2) is 8.32. The molecule has 0 saturated carbocycles. The van der Waals surface area contributed by atoms with E-state index in [9.17, 15) is 9.59 Å². The molecule has 128 valence electrons. The van der Waals surface area contributed by atoms with Crippen molar-refractivity contribution in [3.05, 3.63) is 22.5 Å². The molecule has 1 aliphatic carbocycles. The Balaban J connectivity index is 1.95. The Morgan fingerprint density at radius 3 is 2.74 bits per heavy atom. The number of aromatic amines is 1. The van der Waals surface area contributed by atoms with Crippen molar-refractivity contribution in [2.24, 2.45) is 5.92 Å². The molecule has 4 nitrogen and oxygen atoms in total. The van der Waals surface area contributed by atoms with Crippen LogP contribution in [-0.4, -0.2) is 23.2 Å². The van der Waals surface area contributed by atoms with Crippen LogP contribution in [0.3, 0.4) is 0 Å². The Morgan fingerprint density at radius 2 is 2.04 bits per heavy atom. The summed E-state index contributed by atoms with van der Waals surface area (Å²) in [6.07, 6.45) is 8.19.